The van der Waals surface area contributed by atoms with Crippen molar-refractivity contribution in [2.24, 2.45) is 0 Å². The first-order valence-electron chi connectivity index (χ1n) is 7.80. The van der Waals surface area contributed by atoms with Crippen LogP contribution in [0.5, 0.6) is 11.5 Å². The van der Waals surface area contributed by atoms with Crippen LogP contribution in [0.1, 0.15) is 30.4 Å². The van der Waals surface area contributed by atoms with Crippen molar-refractivity contribution in [2.45, 2.75) is 31.6 Å². The van der Waals surface area contributed by atoms with Gasteiger partial charge in [-0.25, -0.2) is 0 Å². The summed E-state index contributed by atoms with van der Waals surface area (Å²) in [6, 6.07) is 6.91. The number of nitrogens with one attached hydrogen (secondary N) is 1. The number of nitrogens with two attached hydrogens (primary N) is 1. The van der Waals surface area contributed by atoms with E-state index in [-0.39, 0.29) is 5.91 Å². The number of rotatable bonds is 2. The molecule has 0 radical (unpaired) electrons. The first-order valence-corrected chi connectivity index (χ1v) is 8.56. The maximum absolute atomic E-state index is 12.4. The smallest absolute Gasteiger partial charge is 0.235 e. The van der Waals surface area contributed by atoms with E-state index in [0.717, 1.165) is 36.1 Å². The van der Waals surface area contributed by atoms with Crippen molar-refractivity contribution in [3.8, 4) is 11.5 Å². The van der Waals surface area contributed by atoms with Crippen LogP contribution in [-0.2, 0) is 10.2 Å². The molecule has 1 saturated carbocycles. The number of benzene rings is 2. The SMILES string of the molecule is Cc1c(Oc2c(Cl)cc(N)cc2Cl)ccc2c1C1(CCC1)C(=O)N2. The minimum absolute atomic E-state index is 0.0903. The van der Waals surface area contributed by atoms with Gasteiger partial charge in [0.15, 0.2) is 5.75 Å². The predicted octanol–water partition coefficient (Wildman–Crippen LogP) is 5.05. The molecule has 124 valence electrons. The number of amides is 1. The highest BCUT2D eigenvalue weighted by molar-refractivity contribution is 6.37. The summed E-state index contributed by atoms with van der Waals surface area (Å²) >= 11 is 12.4. The molecule has 2 aliphatic rings. The maximum atomic E-state index is 12.4. The van der Waals surface area contributed by atoms with Crippen LogP contribution in [-0.4, -0.2) is 5.91 Å². The van der Waals surface area contributed by atoms with Crippen molar-refractivity contribution in [1.82, 2.24) is 0 Å². The first kappa shape index (κ1) is 15.6. The third-order valence-electron chi connectivity index (χ3n) is 5.02. The summed E-state index contributed by atoms with van der Waals surface area (Å²) in [5.74, 6) is 1.10. The Morgan fingerprint density at radius 3 is 2.46 bits per heavy atom. The fourth-order valence-corrected chi connectivity index (χ4v) is 4.25. The second-order valence-electron chi connectivity index (χ2n) is 6.42. The number of carbonyl (C=O) groups is 1. The van der Waals surface area contributed by atoms with Gasteiger partial charge in [0, 0.05) is 11.4 Å². The molecule has 0 atom stereocenters. The lowest BCUT2D eigenvalue weighted by Crippen LogP contribution is -2.41. The van der Waals surface area contributed by atoms with Crippen molar-refractivity contribution in [2.75, 3.05) is 11.1 Å². The van der Waals surface area contributed by atoms with Crippen LogP contribution in [0.15, 0.2) is 24.3 Å². The van der Waals surface area contributed by atoms with Gasteiger partial charge in [-0.05, 0) is 55.2 Å². The third-order valence-corrected chi connectivity index (χ3v) is 5.58. The minimum Gasteiger partial charge on any atom is -0.454 e. The Hall–Kier alpha value is -1.91. The van der Waals surface area contributed by atoms with Crippen LogP contribution in [0.4, 0.5) is 11.4 Å². The van der Waals surface area contributed by atoms with Gasteiger partial charge in [-0.3, -0.25) is 4.79 Å². The van der Waals surface area contributed by atoms with E-state index in [1.165, 1.54) is 0 Å². The molecule has 1 fully saturated rings. The molecular formula is C18H16Cl2N2O2. The van der Waals surface area contributed by atoms with Crippen molar-refractivity contribution in [1.29, 1.82) is 0 Å². The Morgan fingerprint density at radius 2 is 1.88 bits per heavy atom. The fourth-order valence-electron chi connectivity index (χ4n) is 3.67. The van der Waals surface area contributed by atoms with Gasteiger partial charge in [0.2, 0.25) is 5.91 Å². The van der Waals surface area contributed by atoms with Crippen molar-refractivity contribution < 1.29 is 9.53 Å². The Labute approximate surface area is 149 Å². The lowest BCUT2D eigenvalue weighted by atomic mass is 9.64. The van der Waals surface area contributed by atoms with Gasteiger partial charge in [0.25, 0.3) is 0 Å². The van der Waals surface area contributed by atoms with E-state index in [2.05, 4.69) is 5.32 Å². The van der Waals surface area contributed by atoms with Crippen molar-refractivity contribution in [3.05, 3.63) is 45.4 Å². The summed E-state index contributed by atoms with van der Waals surface area (Å²) in [6.45, 7) is 1.97. The van der Waals surface area contributed by atoms with Gasteiger partial charge in [-0.2, -0.15) is 0 Å². The standard InChI is InChI=1S/C18H16Cl2N2O2/c1-9-14(24-16-11(19)7-10(21)8-12(16)20)4-3-13-15(9)18(5-2-6-18)17(23)22-13/h3-4,7-8H,2,5-6,21H2,1H3,(H,22,23). The van der Waals surface area contributed by atoms with Crippen LogP contribution < -0.4 is 15.8 Å². The quantitative estimate of drug-likeness (QED) is 0.734. The average Bonchev–Trinajstić information content (AvgIpc) is 2.77. The molecule has 0 aromatic heterocycles. The summed E-state index contributed by atoms with van der Waals surface area (Å²) < 4.78 is 5.99. The van der Waals surface area contributed by atoms with E-state index in [1.54, 1.807) is 12.1 Å². The van der Waals surface area contributed by atoms with E-state index < -0.39 is 5.41 Å². The monoisotopic (exact) mass is 362 g/mol. The number of fused-ring (bicyclic) bond motifs is 2. The number of carbonyl (C=O) groups excluding carboxylic acids is 1. The lowest BCUT2D eigenvalue weighted by molar-refractivity contribution is -0.123. The van der Waals surface area contributed by atoms with E-state index in [1.807, 2.05) is 19.1 Å². The fraction of sp³-hybridized carbons (Fsp3) is 0.278. The van der Waals surface area contributed by atoms with Gasteiger partial charge in [0.1, 0.15) is 5.75 Å². The number of hydrogen-bond acceptors (Lipinski definition) is 3. The molecule has 0 bridgehead atoms. The molecule has 6 heteroatoms. The highest BCUT2D eigenvalue weighted by atomic mass is 35.5. The van der Waals surface area contributed by atoms with E-state index in [4.69, 9.17) is 33.7 Å². The molecule has 1 aliphatic heterocycles. The maximum Gasteiger partial charge on any atom is 0.235 e. The summed E-state index contributed by atoms with van der Waals surface area (Å²) in [4.78, 5) is 12.4. The molecule has 0 unspecified atom stereocenters. The Bertz CT molecular complexity index is 853. The molecule has 2 aromatic rings. The second-order valence-corrected chi connectivity index (χ2v) is 7.23. The van der Waals surface area contributed by atoms with Crippen LogP contribution in [0, 0.1) is 6.92 Å². The highest BCUT2D eigenvalue weighted by Crippen LogP contribution is 2.54. The van der Waals surface area contributed by atoms with E-state index in [9.17, 15) is 4.79 Å². The molecule has 1 heterocycles. The van der Waals surface area contributed by atoms with E-state index >= 15 is 0 Å². The van der Waals surface area contributed by atoms with Crippen LogP contribution in [0.2, 0.25) is 10.0 Å². The molecule has 1 aliphatic carbocycles. The molecule has 1 spiro atoms. The third kappa shape index (κ3) is 2.10. The second kappa shape index (κ2) is 5.30. The largest absolute Gasteiger partial charge is 0.454 e. The van der Waals surface area contributed by atoms with Gasteiger partial charge >= 0.3 is 0 Å². The molecule has 2 aromatic carbocycles. The Morgan fingerprint density at radius 1 is 1.21 bits per heavy atom. The van der Waals surface area contributed by atoms with Crippen molar-refractivity contribution in [3.63, 3.8) is 0 Å². The summed E-state index contributed by atoms with van der Waals surface area (Å²) in [6.07, 6.45) is 2.81. The zero-order valence-electron chi connectivity index (χ0n) is 13.1. The van der Waals surface area contributed by atoms with Crippen molar-refractivity contribution >= 4 is 40.5 Å². The first-order chi connectivity index (χ1) is 11.4. The predicted molar refractivity (Wildman–Crippen MR) is 96.3 cm³/mol. The van der Waals surface area contributed by atoms with E-state index in [0.29, 0.717) is 27.2 Å². The lowest BCUT2D eigenvalue weighted by Gasteiger charge is -2.37. The molecule has 3 N–H and O–H groups in total. The topological polar surface area (TPSA) is 64.3 Å². The molecular weight excluding hydrogens is 347 g/mol. The van der Waals surface area contributed by atoms with Crippen LogP contribution in [0.3, 0.4) is 0 Å². The number of halogens is 2. The highest BCUT2D eigenvalue weighted by Gasteiger charge is 2.52. The summed E-state index contributed by atoms with van der Waals surface area (Å²) in [5, 5.41) is 3.70. The summed E-state index contributed by atoms with van der Waals surface area (Å²) in [5.41, 5.74) is 8.67. The molecule has 1 amide bonds. The molecule has 24 heavy (non-hydrogen) atoms. The number of anilines is 2. The van der Waals surface area contributed by atoms with Gasteiger partial charge in [-0.1, -0.05) is 29.6 Å². The number of hydrogen-bond donors (Lipinski definition) is 2. The zero-order chi connectivity index (χ0) is 17.1. The minimum atomic E-state index is -0.395. The number of ether oxygens (including phenoxy) is 1. The summed E-state index contributed by atoms with van der Waals surface area (Å²) in [7, 11) is 0. The van der Waals surface area contributed by atoms with Gasteiger partial charge in [0.05, 0.1) is 15.5 Å². The van der Waals surface area contributed by atoms with Gasteiger partial charge < -0.3 is 15.8 Å². The van der Waals surface area contributed by atoms with Gasteiger partial charge in [-0.15, -0.1) is 0 Å². The van der Waals surface area contributed by atoms with Crippen LogP contribution in [0.25, 0.3) is 0 Å². The molecule has 0 saturated heterocycles. The molecule has 4 nitrogen and oxygen atoms in total. The van der Waals surface area contributed by atoms with Crippen LogP contribution >= 0.6 is 23.2 Å². The molecule has 4 rings (SSSR count). The number of nitrogen functional groups attached to an aromatic ring is 1. The Balaban J connectivity index is 1.79. The zero-order valence-corrected chi connectivity index (χ0v) is 14.6. The Kier molecular flexibility index (Phi) is 3.44. The normalized spacial score (nSPS) is 17.4. The average molecular weight is 363 g/mol.